The summed E-state index contributed by atoms with van der Waals surface area (Å²) in [5.74, 6) is -4.67. The molecule has 0 atom stereocenters. The third kappa shape index (κ3) is 7.25. The minimum atomic E-state index is -2.81. The molecule has 14 heteroatoms. The lowest BCUT2D eigenvalue weighted by atomic mass is 10.4. The monoisotopic (exact) mass is 275 g/mol. The van der Waals surface area contributed by atoms with Crippen LogP contribution in [0.1, 0.15) is 0 Å². The van der Waals surface area contributed by atoms with Crippen molar-refractivity contribution < 1.29 is 25.2 Å². The molecule has 0 heterocycles. The average molecular weight is 275 g/mol. The molecule has 0 aromatic rings. The van der Waals surface area contributed by atoms with Gasteiger partial charge in [-0.3, -0.25) is 4.79 Å². The van der Waals surface area contributed by atoms with Gasteiger partial charge < -0.3 is 20.4 Å². The Labute approximate surface area is 104 Å². The third-order valence-electron chi connectivity index (χ3n) is 1.26. The van der Waals surface area contributed by atoms with Crippen LogP contribution in [0.3, 0.4) is 0 Å². The average Bonchev–Trinajstić information content (AvgIpc) is 2.39. The molecule has 4 N–H and O–H groups in total. The molecule has 0 aliphatic heterocycles. The summed E-state index contributed by atoms with van der Waals surface area (Å²) in [5.41, 5.74) is 23.8. The highest BCUT2D eigenvalue weighted by Gasteiger charge is 2.36. The molecule has 104 valence electrons. The fraction of sp³-hybridized carbons (Fsp3) is 0.800. The van der Waals surface area contributed by atoms with E-state index in [2.05, 4.69) is 30.1 Å². The van der Waals surface area contributed by atoms with Crippen LogP contribution in [0.25, 0.3) is 31.3 Å². The summed E-state index contributed by atoms with van der Waals surface area (Å²) in [4.78, 5) is 16.6. The minimum absolute atomic E-state index is 0.365. The molecule has 0 bridgehead atoms. The second kappa shape index (κ2) is 10.4. The van der Waals surface area contributed by atoms with E-state index >= 15 is 0 Å². The number of carboxylic acid groups (broad SMARTS) is 1. The van der Waals surface area contributed by atoms with Crippen LogP contribution < -0.4 is 0 Å². The first-order chi connectivity index (χ1) is 8.93. The molecule has 0 saturated heterocycles. The zero-order chi connectivity index (χ0) is 15.3. The number of nitrogens with zero attached hydrogens (tertiary/aromatic N) is 9. The SMILES string of the molecule is OCC(O)CO.[N-]=[N+]=NC(N=[N+]=[N-])(N=[N+]=[N-])C(=O)O. The number of aliphatic hydroxyl groups excluding tert-OH is 3. The zero-order valence-electron chi connectivity index (χ0n) is 9.21. The number of rotatable bonds is 6. The normalized spacial score (nSPS) is 11.6. The van der Waals surface area contributed by atoms with Crippen LogP contribution >= 0.6 is 0 Å². The lowest BCUT2D eigenvalue weighted by molar-refractivity contribution is -0.142. The van der Waals surface area contributed by atoms with Crippen LogP contribution in [0.5, 0.6) is 0 Å². The molecule has 0 aliphatic carbocycles. The smallest absolute Gasteiger partial charge is 0.327 e. The number of aliphatic hydroxyl groups is 3. The van der Waals surface area contributed by atoms with Crippen LogP contribution in [-0.2, 0) is 4.79 Å². The van der Waals surface area contributed by atoms with Crippen molar-refractivity contribution in [3.05, 3.63) is 31.3 Å². The molecule has 14 nitrogen and oxygen atoms in total. The molecule has 0 saturated carbocycles. The largest absolute Gasteiger partial charge is 0.481 e. The van der Waals surface area contributed by atoms with Crippen molar-refractivity contribution in [1.82, 2.24) is 0 Å². The molecule has 0 rings (SSSR count). The van der Waals surface area contributed by atoms with Gasteiger partial charge in [-0.15, -0.1) is 0 Å². The Hall–Kier alpha value is -2.72. The van der Waals surface area contributed by atoms with Gasteiger partial charge in [-0.25, -0.2) is 0 Å². The van der Waals surface area contributed by atoms with E-state index in [1.807, 2.05) is 0 Å². The van der Waals surface area contributed by atoms with Crippen molar-refractivity contribution in [2.24, 2.45) is 15.3 Å². The molecule has 0 fully saturated rings. The summed E-state index contributed by atoms with van der Waals surface area (Å²) in [5, 5.41) is 40.2. The van der Waals surface area contributed by atoms with Gasteiger partial charge >= 0.3 is 5.97 Å². The summed E-state index contributed by atoms with van der Waals surface area (Å²) in [6, 6.07) is 0. The van der Waals surface area contributed by atoms with E-state index in [-0.39, 0.29) is 13.2 Å². The molecule has 0 aromatic carbocycles. The van der Waals surface area contributed by atoms with E-state index in [4.69, 9.17) is 37.0 Å². The Morgan fingerprint density at radius 3 is 1.47 bits per heavy atom. The van der Waals surface area contributed by atoms with Crippen molar-refractivity contribution in [3.63, 3.8) is 0 Å². The van der Waals surface area contributed by atoms with E-state index in [1.54, 1.807) is 0 Å². The maximum absolute atomic E-state index is 10.4. The Bertz CT molecular complexity index is 377. The van der Waals surface area contributed by atoms with E-state index in [0.717, 1.165) is 0 Å². The van der Waals surface area contributed by atoms with Gasteiger partial charge in [0.1, 0.15) is 6.10 Å². The summed E-state index contributed by atoms with van der Waals surface area (Å²) in [6.07, 6.45) is -0.954. The predicted molar refractivity (Wildman–Crippen MR) is 58.0 cm³/mol. The van der Waals surface area contributed by atoms with Crippen LogP contribution in [0.2, 0.25) is 0 Å². The first-order valence-corrected chi connectivity index (χ1v) is 4.26. The first-order valence-electron chi connectivity index (χ1n) is 4.26. The van der Waals surface area contributed by atoms with E-state index in [0.29, 0.717) is 0 Å². The first kappa shape index (κ1) is 18.6. The topological polar surface area (TPSA) is 244 Å². The van der Waals surface area contributed by atoms with Crippen LogP contribution in [-0.4, -0.2) is 51.5 Å². The molecule has 19 heavy (non-hydrogen) atoms. The van der Waals surface area contributed by atoms with Crippen molar-refractivity contribution >= 4 is 5.97 Å². The molecule has 0 aliphatic rings. The number of hydrogen-bond donors (Lipinski definition) is 4. The number of hydrogen-bond acceptors (Lipinski definition) is 7. The van der Waals surface area contributed by atoms with Gasteiger partial charge in [0, 0.05) is 14.7 Å². The standard InChI is InChI=1S/C3H8O3.C2HN9O2/c4-1-3(6)2-5;3-9-6-2(1(12)13,7-10-4)8-11-5/h3-6H,1-2H2;(H,12,13). The molecule has 0 spiro atoms. The third-order valence-corrected chi connectivity index (χ3v) is 1.26. The summed E-state index contributed by atoms with van der Waals surface area (Å²) < 4.78 is 0. The maximum atomic E-state index is 10.4. The van der Waals surface area contributed by atoms with Gasteiger partial charge in [-0.1, -0.05) is 15.3 Å². The Morgan fingerprint density at radius 2 is 1.37 bits per heavy atom. The van der Waals surface area contributed by atoms with Gasteiger partial charge in [-0.05, 0) is 16.6 Å². The van der Waals surface area contributed by atoms with E-state index in [9.17, 15) is 4.79 Å². The van der Waals surface area contributed by atoms with Gasteiger partial charge in [-0.2, -0.15) is 0 Å². The van der Waals surface area contributed by atoms with Crippen molar-refractivity contribution in [2.75, 3.05) is 13.2 Å². The number of carbonyl (C=O) groups is 1. The molecular weight excluding hydrogens is 266 g/mol. The summed E-state index contributed by atoms with van der Waals surface area (Å²) in [7, 11) is 0. The lowest BCUT2D eigenvalue weighted by Crippen LogP contribution is -2.30. The molecule has 0 radical (unpaired) electrons. The summed E-state index contributed by atoms with van der Waals surface area (Å²) in [6.45, 7) is -0.729. The van der Waals surface area contributed by atoms with Crippen molar-refractivity contribution in [2.45, 2.75) is 11.9 Å². The van der Waals surface area contributed by atoms with Crippen molar-refractivity contribution in [1.29, 1.82) is 0 Å². The van der Waals surface area contributed by atoms with Crippen LogP contribution in [0.4, 0.5) is 0 Å². The highest BCUT2D eigenvalue weighted by atomic mass is 16.4. The van der Waals surface area contributed by atoms with Crippen LogP contribution in [0.15, 0.2) is 15.3 Å². The highest BCUT2D eigenvalue weighted by molar-refractivity contribution is 5.78. The molecular formula is C5H9N9O5. The number of carboxylic acids is 1. The minimum Gasteiger partial charge on any atom is -0.481 e. The predicted octanol–water partition coefficient (Wildman–Crippen LogP) is -0.0124. The Morgan fingerprint density at radius 1 is 1.05 bits per heavy atom. The van der Waals surface area contributed by atoms with Gasteiger partial charge in [0.25, 0.3) is 5.79 Å². The quantitative estimate of drug-likeness (QED) is 0.295. The summed E-state index contributed by atoms with van der Waals surface area (Å²) >= 11 is 0. The number of azide groups is 1. The second-order valence-electron chi connectivity index (χ2n) is 2.53. The maximum Gasteiger partial charge on any atom is 0.327 e. The van der Waals surface area contributed by atoms with Crippen molar-refractivity contribution in [3.8, 4) is 0 Å². The van der Waals surface area contributed by atoms with Gasteiger partial charge in [0.2, 0.25) is 0 Å². The fourth-order valence-electron chi connectivity index (χ4n) is 0.433. The Kier molecular flexibility index (Phi) is 10.2. The van der Waals surface area contributed by atoms with E-state index in [1.165, 1.54) is 0 Å². The lowest BCUT2D eigenvalue weighted by Gasteiger charge is -2.08. The van der Waals surface area contributed by atoms with Crippen LogP contribution in [0, 0.1) is 0 Å². The zero-order valence-corrected chi connectivity index (χ0v) is 9.21. The van der Waals surface area contributed by atoms with Gasteiger partial charge in [0.15, 0.2) is 0 Å². The molecule has 0 amide bonds. The van der Waals surface area contributed by atoms with Gasteiger partial charge in [0.05, 0.1) is 13.2 Å². The Balaban J connectivity index is 0. The number of aliphatic carboxylic acids is 1. The van der Waals surface area contributed by atoms with E-state index < -0.39 is 17.9 Å². The molecule has 0 aromatic heterocycles. The molecule has 0 unspecified atom stereocenters. The fourth-order valence-corrected chi connectivity index (χ4v) is 0.433. The highest BCUT2D eigenvalue weighted by Crippen LogP contribution is 2.16. The second-order valence-corrected chi connectivity index (χ2v) is 2.53.